The molecule has 0 fully saturated rings. The van der Waals surface area contributed by atoms with Crippen molar-refractivity contribution in [2.24, 2.45) is 5.92 Å². The van der Waals surface area contributed by atoms with Crippen LogP contribution in [0.4, 0.5) is 4.39 Å². The van der Waals surface area contributed by atoms with Gasteiger partial charge in [0.1, 0.15) is 18.2 Å². The molecule has 1 N–H and O–H groups in total. The second kappa shape index (κ2) is 6.63. The van der Waals surface area contributed by atoms with Crippen LogP contribution >= 0.6 is 0 Å². The van der Waals surface area contributed by atoms with Crippen molar-refractivity contribution < 1.29 is 13.9 Å². The highest BCUT2D eigenvalue weighted by molar-refractivity contribution is 5.95. The molecular formula is C18H22FN3O2. The van der Waals surface area contributed by atoms with Crippen molar-refractivity contribution in [1.29, 1.82) is 0 Å². The van der Waals surface area contributed by atoms with E-state index in [2.05, 4.69) is 24.3 Å². The molecule has 0 saturated heterocycles. The van der Waals surface area contributed by atoms with Crippen LogP contribution in [0.3, 0.4) is 0 Å². The Morgan fingerprint density at radius 3 is 3.00 bits per heavy atom. The lowest BCUT2D eigenvalue weighted by Crippen LogP contribution is -2.30. The summed E-state index contributed by atoms with van der Waals surface area (Å²) in [6.45, 7) is 7.22. The molecule has 1 amide bonds. The third-order valence-corrected chi connectivity index (χ3v) is 4.14. The first-order valence-corrected chi connectivity index (χ1v) is 8.28. The van der Waals surface area contributed by atoms with E-state index >= 15 is 0 Å². The van der Waals surface area contributed by atoms with E-state index in [0.717, 1.165) is 12.2 Å². The van der Waals surface area contributed by atoms with Gasteiger partial charge in [-0.05, 0) is 24.5 Å². The van der Waals surface area contributed by atoms with E-state index in [4.69, 9.17) is 4.74 Å². The normalized spacial score (nSPS) is 16.1. The number of nitrogens with zero attached hydrogens (tertiary/aromatic N) is 2. The number of hydrogen-bond acceptors (Lipinski definition) is 3. The van der Waals surface area contributed by atoms with E-state index in [-0.39, 0.29) is 18.3 Å². The molecule has 1 unspecified atom stereocenters. The van der Waals surface area contributed by atoms with Gasteiger partial charge in [0.15, 0.2) is 0 Å². The fourth-order valence-corrected chi connectivity index (χ4v) is 3.06. The van der Waals surface area contributed by atoms with Crippen molar-refractivity contribution in [3.8, 4) is 5.75 Å². The third-order valence-electron chi connectivity index (χ3n) is 4.14. The fourth-order valence-electron chi connectivity index (χ4n) is 3.06. The van der Waals surface area contributed by atoms with Gasteiger partial charge in [0.25, 0.3) is 5.91 Å². The largest absolute Gasteiger partial charge is 0.491 e. The second-order valence-corrected chi connectivity index (χ2v) is 6.42. The van der Waals surface area contributed by atoms with Crippen LogP contribution in [0.2, 0.25) is 0 Å². The van der Waals surface area contributed by atoms with Gasteiger partial charge >= 0.3 is 0 Å². The molecule has 24 heavy (non-hydrogen) atoms. The molecule has 0 spiro atoms. The summed E-state index contributed by atoms with van der Waals surface area (Å²) < 4.78 is 21.4. The number of carbonyl (C=O) groups excluding carboxylic acids is 1. The van der Waals surface area contributed by atoms with Gasteiger partial charge in [0.2, 0.25) is 0 Å². The molecule has 2 aromatic rings. The summed E-state index contributed by atoms with van der Waals surface area (Å²) in [5.74, 6) is 0.329. The van der Waals surface area contributed by atoms with Gasteiger partial charge in [0.05, 0.1) is 29.1 Å². The predicted octanol–water partition coefficient (Wildman–Crippen LogP) is 3.10. The summed E-state index contributed by atoms with van der Waals surface area (Å²) >= 11 is 0. The van der Waals surface area contributed by atoms with E-state index in [1.165, 1.54) is 6.07 Å². The van der Waals surface area contributed by atoms with Crippen molar-refractivity contribution in [3.05, 3.63) is 47.0 Å². The first kappa shape index (κ1) is 16.5. The maximum atomic E-state index is 14.0. The van der Waals surface area contributed by atoms with Gasteiger partial charge in [-0.3, -0.25) is 9.48 Å². The Kier molecular flexibility index (Phi) is 4.55. The molecule has 0 aliphatic carbocycles. The van der Waals surface area contributed by atoms with Crippen LogP contribution in [0.5, 0.6) is 5.75 Å². The van der Waals surface area contributed by atoms with Crippen molar-refractivity contribution >= 4 is 5.91 Å². The van der Waals surface area contributed by atoms with Crippen molar-refractivity contribution in [2.75, 3.05) is 6.61 Å². The minimum atomic E-state index is -0.480. The molecule has 0 saturated carbocycles. The summed E-state index contributed by atoms with van der Waals surface area (Å²) in [6, 6.07) is 4.21. The molecule has 1 aliphatic rings. The van der Waals surface area contributed by atoms with Crippen molar-refractivity contribution in [1.82, 2.24) is 15.1 Å². The summed E-state index contributed by atoms with van der Waals surface area (Å²) in [4.78, 5) is 12.7. The maximum Gasteiger partial charge on any atom is 0.255 e. The smallest absolute Gasteiger partial charge is 0.255 e. The van der Waals surface area contributed by atoms with Crippen LogP contribution in [-0.4, -0.2) is 22.3 Å². The van der Waals surface area contributed by atoms with E-state index in [1.54, 1.807) is 18.3 Å². The summed E-state index contributed by atoms with van der Waals surface area (Å²) in [5, 5.41) is 7.21. The van der Waals surface area contributed by atoms with Crippen LogP contribution in [0.1, 0.15) is 48.4 Å². The van der Waals surface area contributed by atoms with Gasteiger partial charge in [-0.1, -0.05) is 26.8 Å². The molecule has 3 rings (SSSR count). The summed E-state index contributed by atoms with van der Waals surface area (Å²) in [6.07, 6.45) is 2.30. The first-order valence-electron chi connectivity index (χ1n) is 8.28. The lowest BCUT2D eigenvalue weighted by Gasteiger charge is -2.13. The number of aromatic nitrogens is 2. The molecule has 1 atom stereocenters. The van der Waals surface area contributed by atoms with Gasteiger partial charge in [-0.15, -0.1) is 0 Å². The topological polar surface area (TPSA) is 56.1 Å². The number of halogens is 1. The van der Waals surface area contributed by atoms with Gasteiger partial charge in [-0.2, -0.15) is 5.10 Å². The Balaban J connectivity index is 1.81. The highest BCUT2D eigenvalue weighted by Crippen LogP contribution is 2.34. The SMILES string of the molecule is CCc1c(C(=O)NC2COc3cccc(F)c32)cnn1CC(C)C. The lowest BCUT2D eigenvalue weighted by atomic mass is 10.1. The molecular weight excluding hydrogens is 309 g/mol. The molecule has 5 nitrogen and oxygen atoms in total. The molecule has 1 aromatic heterocycles. The number of rotatable bonds is 5. The van der Waals surface area contributed by atoms with E-state index in [0.29, 0.717) is 29.2 Å². The number of nitrogens with one attached hydrogen (secondary N) is 1. The number of ether oxygens (including phenoxy) is 1. The zero-order valence-corrected chi connectivity index (χ0v) is 14.2. The van der Waals surface area contributed by atoms with Crippen LogP contribution < -0.4 is 10.1 Å². The van der Waals surface area contributed by atoms with Gasteiger partial charge in [0, 0.05) is 6.54 Å². The highest BCUT2D eigenvalue weighted by atomic mass is 19.1. The molecule has 0 bridgehead atoms. The molecule has 6 heteroatoms. The van der Waals surface area contributed by atoms with E-state index < -0.39 is 6.04 Å². The minimum Gasteiger partial charge on any atom is -0.491 e. The number of carbonyl (C=O) groups is 1. The van der Waals surface area contributed by atoms with Gasteiger partial charge in [-0.25, -0.2) is 4.39 Å². The zero-order chi connectivity index (χ0) is 17.3. The minimum absolute atomic E-state index is 0.240. The Morgan fingerprint density at radius 2 is 2.29 bits per heavy atom. The number of fused-ring (bicyclic) bond motifs is 1. The quantitative estimate of drug-likeness (QED) is 0.916. The Labute approximate surface area is 140 Å². The van der Waals surface area contributed by atoms with E-state index in [9.17, 15) is 9.18 Å². The standard InChI is InChI=1S/C18H22FN3O2/c1-4-15-12(8-20-22(15)9-11(2)3)18(23)21-14-10-24-16-7-5-6-13(19)17(14)16/h5-8,11,14H,4,9-10H2,1-3H3,(H,21,23). The fraction of sp³-hybridized carbons (Fsp3) is 0.444. The number of benzene rings is 1. The first-order chi connectivity index (χ1) is 11.5. The third kappa shape index (κ3) is 3.00. The predicted molar refractivity (Wildman–Crippen MR) is 88.5 cm³/mol. The van der Waals surface area contributed by atoms with Crippen molar-refractivity contribution in [2.45, 2.75) is 39.8 Å². The Morgan fingerprint density at radius 1 is 1.50 bits per heavy atom. The van der Waals surface area contributed by atoms with Crippen LogP contribution in [0.25, 0.3) is 0 Å². The monoisotopic (exact) mass is 331 g/mol. The lowest BCUT2D eigenvalue weighted by molar-refractivity contribution is 0.0928. The zero-order valence-electron chi connectivity index (χ0n) is 14.2. The number of amides is 1. The van der Waals surface area contributed by atoms with Crippen molar-refractivity contribution in [3.63, 3.8) is 0 Å². The Bertz CT molecular complexity index is 755. The highest BCUT2D eigenvalue weighted by Gasteiger charge is 2.30. The average Bonchev–Trinajstić information content (AvgIpc) is 3.11. The summed E-state index contributed by atoms with van der Waals surface area (Å²) in [5.41, 5.74) is 1.86. The molecule has 2 heterocycles. The van der Waals surface area contributed by atoms with Crippen LogP contribution in [0, 0.1) is 11.7 Å². The van der Waals surface area contributed by atoms with Crippen LogP contribution in [0.15, 0.2) is 24.4 Å². The molecule has 1 aromatic carbocycles. The van der Waals surface area contributed by atoms with E-state index in [1.807, 2.05) is 11.6 Å². The Hall–Kier alpha value is -2.37. The molecule has 0 radical (unpaired) electrons. The molecule has 128 valence electrons. The number of hydrogen-bond donors (Lipinski definition) is 1. The molecule has 1 aliphatic heterocycles. The van der Waals surface area contributed by atoms with Crippen LogP contribution in [-0.2, 0) is 13.0 Å². The average molecular weight is 331 g/mol. The maximum absolute atomic E-state index is 14.0. The summed E-state index contributed by atoms with van der Waals surface area (Å²) in [7, 11) is 0. The van der Waals surface area contributed by atoms with Gasteiger partial charge < -0.3 is 10.1 Å². The second-order valence-electron chi connectivity index (χ2n) is 6.42.